The van der Waals surface area contributed by atoms with E-state index in [1.165, 1.54) is 0 Å². The van der Waals surface area contributed by atoms with Crippen LogP contribution in [0.15, 0.2) is 45.3 Å². The van der Waals surface area contributed by atoms with Gasteiger partial charge in [0.15, 0.2) is 0 Å². The van der Waals surface area contributed by atoms with Gasteiger partial charge >= 0.3 is 0 Å². The molecule has 0 saturated carbocycles. The van der Waals surface area contributed by atoms with Gasteiger partial charge in [-0.1, -0.05) is 50.1 Å². The summed E-state index contributed by atoms with van der Waals surface area (Å²) in [4.78, 5) is 0. The third kappa shape index (κ3) is 1.95. The molecule has 0 aliphatic rings. The van der Waals surface area contributed by atoms with Gasteiger partial charge in [0.2, 0.25) is 0 Å². The molecule has 0 unspecified atom stereocenters. The molecule has 16 heavy (non-hydrogen) atoms. The van der Waals surface area contributed by atoms with Gasteiger partial charge in [0.05, 0.1) is 11.4 Å². The topological polar surface area (TPSA) is 52.0 Å². The Morgan fingerprint density at radius 1 is 0.812 bits per heavy atom. The molecule has 0 heterocycles. The molecule has 0 amide bonds. The van der Waals surface area contributed by atoms with E-state index >= 15 is 0 Å². The van der Waals surface area contributed by atoms with Gasteiger partial charge in [-0.05, 0) is 18.2 Å². The van der Waals surface area contributed by atoms with Gasteiger partial charge in [0.1, 0.15) is 0 Å². The van der Waals surface area contributed by atoms with Crippen molar-refractivity contribution in [2.45, 2.75) is 0 Å². The van der Waals surface area contributed by atoms with Crippen molar-refractivity contribution in [1.82, 2.24) is 0 Å². The molecule has 4 N–H and O–H groups in total. The summed E-state index contributed by atoms with van der Waals surface area (Å²) >= 11 is 7.03. The lowest BCUT2D eigenvalue weighted by atomic mass is 10.0. The van der Waals surface area contributed by atoms with Gasteiger partial charge in [-0.15, -0.1) is 0 Å². The Hall–Kier alpha value is -1.00. The van der Waals surface area contributed by atoms with Crippen molar-refractivity contribution >= 4 is 43.2 Å². The van der Waals surface area contributed by atoms with Gasteiger partial charge in [0, 0.05) is 20.1 Å². The van der Waals surface area contributed by atoms with Crippen LogP contribution in [-0.4, -0.2) is 0 Å². The summed E-state index contributed by atoms with van der Waals surface area (Å²) in [6.45, 7) is 0. The van der Waals surface area contributed by atoms with E-state index in [9.17, 15) is 0 Å². The third-order valence-corrected chi connectivity index (χ3v) is 3.69. The average Bonchev–Trinajstić information content (AvgIpc) is 2.24. The third-order valence-electron chi connectivity index (χ3n) is 2.37. The molecule has 0 aliphatic heterocycles. The number of halogens is 2. The molecule has 2 rings (SSSR count). The van der Waals surface area contributed by atoms with Crippen LogP contribution in [0.2, 0.25) is 0 Å². The minimum atomic E-state index is 0.597. The second kappa shape index (κ2) is 4.47. The lowest BCUT2D eigenvalue weighted by Crippen LogP contribution is -1.97. The molecular formula is C12H10Br2N2. The maximum absolute atomic E-state index is 5.99. The van der Waals surface area contributed by atoms with Gasteiger partial charge in [-0.25, -0.2) is 0 Å². The highest BCUT2D eigenvalue weighted by Gasteiger charge is 2.11. The lowest BCUT2D eigenvalue weighted by Gasteiger charge is -2.11. The summed E-state index contributed by atoms with van der Waals surface area (Å²) in [7, 11) is 0. The van der Waals surface area contributed by atoms with E-state index in [1.54, 1.807) is 6.07 Å². The smallest absolute Gasteiger partial charge is 0.0628 e. The van der Waals surface area contributed by atoms with Gasteiger partial charge in [-0.3, -0.25) is 0 Å². The number of nitrogens with two attached hydrogens (primary N) is 2. The predicted octanol–water partition coefficient (Wildman–Crippen LogP) is 4.04. The SMILES string of the molecule is Nc1cccc(-c2c(Br)cccc2Br)c1N. The average molecular weight is 342 g/mol. The Kier molecular flexibility index (Phi) is 3.21. The molecule has 2 aromatic carbocycles. The minimum Gasteiger partial charge on any atom is -0.397 e. The van der Waals surface area contributed by atoms with Crippen LogP contribution in [0, 0.1) is 0 Å². The van der Waals surface area contributed by atoms with Crippen molar-refractivity contribution in [2.24, 2.45) is 0 Å². The number of para-hydroxylation sites is 1. The van der Waals surface area contributed by atoms with Crippen molar-refractivity contribution in [2.75, 3.05) is 11.5 Å². The Labute approximate surface area is 111 Å². The van der Waals surface area contributed by atoms with Crippen LogP contribution in [0.25, 0.3) is 11.1 Å². The number of nitrogen functional groups attached to an aromatic ring is 2. The molecule has 0 fully saturated rings. The van der Waals surface area contributed by atoms with E-state index in [2.05, 4.69) is 31.9 Å². The predicted molar refractivity (Wildman–Crippen MR) is 76.1 cm³/mol. The fourth-order valence-electron chi connectivity index (χ4n) is 1.56. The minimum absolute atomic E-state index is 0.597. The molecular weight excluding hydrogens is 332 g/mol. The van der Waals surface area contributed by atoms with Crippen LogP contribution in [0.5, 0.6) is 0 Å². The van der Waals surface area contributed by atoms with Crippen LogP contribution < -0.4 is 11.5 Å². The van der Waals surface area contributed by atoms with Crippen molar-refractivity contribution < 1.29 is 0 Å². The fourth-order valence-corrected chi connectivity index (χ4v) is 2.98. The molecule has 4 heteroatoms. The van der Waals surface area contributed by atoms with Gasteiger partial charge in [-0.2, -0.15) is 0 Å². The van der Waals surface area contributed by atoms with Crippen LogP contribution in [0.3, 0.4) is 0 Å². The summed E-state index contributed by atoms with van der Waals surface area (Å²) in [5, 5.41) is 0. The highest BCUT2D eigenvalue weighted by atomic mass is 79.9. The van der Waals surface area contributed by atoms with Crippen molar-refractivity contribution in [1.29, 1.82) is 0 Å². The van der Waals surface area contributed by atoms with Gasteiger partial charge in [0.25, 0.3) is 0 Å². The molecule has 0 bridgehead atoms. The van der Waals surface area contributed by atoms with Gasteiger partial charge < -0.3 is 11.5 Å². The van der Waals surface area contributed by atoms with Crippen LogP contribution in [0.4, 0.5) is 11.4 Å². The summed E-state index contributed by atoms with van der Waals surface area (Å²) < 4.78 is 1.97. The van der Waals surface area contributed by atoms with Crippen molar-refractivity contribution in [3.05, 3.63) is 45.3 Å². The fraction of sp³-hybridized carbons (Fsp3) is 0. The monoisotopic (exact) mass is 340 g/mol. The highest BCUT2D eigenvalue weighted by molar-refractivity contribution is 9.11. The molecule has 0 aliphatic carbocycles. The zero-order valence-corrected chi connectivity index (χ0v) is 11.5. The number of hydrogen-bond donors (Lipinski definition) is 2. The van der Waals surface area contributed by atoms with Crippen LogP contribution >= 0.6 is 31.9 Å². The molecule has 2 aromatic rings. The van der Waals surface area contributed by atoms with E-state index in [-0.39, 0.29) is 0 Å². The van der Waals surface area contributed by atoms with Crippen LogP contribution in [0.1, 0.15) is 0 Å². The zero-order chi connectivity index (χ0) is 11.7. The van der Waals surface area contributed by atoms with E-state index in [4.69, 9.17) is 11.5 Å². The summed E-state index contributed by atoms with van der Waals surface area (Å²) in [5.74, 6) is 0. The molecule has 0 aromatic heterocycles. The molecule has 0 radical (unpaired) electrons. The summed E-state index contributed by atoms with van der Waals surface area (Å²) in [6.07, 6.45) is 0. The quantitative estimate of drug-likeness (QED) is 0.769. The molecule has 0 atom stereocenters. The van der Waals surface area contributed by atoms with E-state index < -0.39 is 0 Å². The maximum Gasteiger partial charge on any atom is 0.0628 e. The Balaban J connectivity index is 2.73. The largest absolute Gasteiger partial charge is 0.397 e. The number of rotatable bonds is 1. The maximum atomic E-state index is 5.99. The molecule has 0 spiro atoms. The highest BCUT2D eigenvalue weighted by Crippen LogP contribution is 2.39. The van der Waals surface area contributed by atoms with E-state index in [1.807, 2.05) is 30.3 Å². The first-order valence-electron chi connectivity index (χ1n) is 4.69. The Morgan fingerprint density at radius 2 is 1.38 bits per heavy atom. The standard InChI is InChI=1S/C12H10Br2N2/c13-8-4-2-5-9(14)11(8)7-3-1-6-10(15)12(7)16/h1-6H,15-16H2. The molecule has 2 nitrogen and oxygen atoms in total. The number of anilines is 2. The second-order valence-electron chi connectivity index (χ2n) is 3.41. The first-order valence-corrected chi connectivity index (χ1v) is 6.28. The van der Waals surface area contributed by atoms with Crippen LogP contribution in [-0.2, 0) is 0 Å². The summed E-state index contributed by atoms with van der Waals surface area (Å²) in [6, 6.07) is 11.6. The summed E-state index contributed by atoms with van der Waals surface area (Å²) in [5.41, 5.74) is 14.9. The molecule has 82 valence electrons. The zero-order valence-electron chi connectivity index (χ0n) is 8.37. The number of benzene rings is 2. The van der Waals surface area contributed by atoms with Crippen molar-refractivity contribution in [3.63, 3.8) is 0 Å². The lowest BCUT2D eigenvalue weighted by molar-refractivity contribution is 1.54. The van der Waals surface area contributed by atoms with E-state index in [0.717, 1.165) is 20.1 Å². The molecule has 0 saturated heterocycles. The van der Waals surface area contributed by atoms with E-state index in [0.29, 0.717) is 11.4 Å². The number of hydrogen-bond acceptors (Lipinski definition) is 2. The van der Waals surface area contributed by atoms with Crippen molar-refractivity contribution in [3.8, 4) is 11.1 Å². The first-order chi connectivity index (χ1) is 7.61. The first kappa shape index (κ1) is 11.5. The second-order valence-corrected chi connectivity index (χ2v) is 5.11. The normalized spacial score (nSPS) is 10.4. The Morgan fingerprint density at radius 3 is 2.00 bits per heavy atom. The Bertz CT molecular complexity index is 518.